The number of aliphatic hydroxyl groups is 1. The number of aliphatic carboxylic acids is 1. The van der Waals surface area contributed by atoms with Gasteiger partial charge in [0, 0.05) is 25.7 Å². The molecule has 0 aromatic heterocycles. The molecule has 1 aliphatic carbocycles. The van der Waals surface area contributed by atoms with Crippen molar-refractivity contribution in [3.63, 3.8) is 0 Å². The molecule has 0 aromatic carbocycles. The molecule has 0 bridgehead atoms. The van der Waals surface area contributed by atoms with Crippen molar-refractivity contribution < 1.29 is 24.5 Å². The monoisotopic (exact) mass is 286 g/mol. The van der Waals surface area contributed by atoms with Gasteiger partial charge in [-0.2, -0.15) is 0 Å². The molecule has 2 fully saturated rings. The van der Waals surface area contributed by atoms with E-state index in [0.29, 0.717) is 32.5 Å². The van der Waals surface area contributed by atoms with Crippen molar-refractivity contribution >= 4 is 12.0 Å². The lowest BCUT2D eigenvalue weighted by atomic mass is 10.1. The average molecular weight is 286 g/mol. The van der Waals surface area contributed by atoms with Crippen LogP contribution in [0.25, 0.3) is 0 Å². The van der Waals surface area contributed by atoms with E-state index in [4.69, 9.17) is 14.9 Å². The molecule has 114 valence electrons. The summed E-state index contributed by atoms with van der Waals surface area (Å²) >= 11 is 0. The Labute approximate surface area is 118 Å². The van der Waals surface area contributed by atoms with Gasteiger partial charge in [0.05, 0.1) is 12.7 Å². The Bertz CT molecular complexity index is 351. The van der Waals surface area contributed by atoms with Crippen LogP contribution in [0, 0.1) is 0 Å². The first kappa shape index (κ1) is 15.1. The molecule has 20 heavy (non-hydrogen) atoms. The highest BCUT2D eigenvalue weighted by molar-refractivity contribution is 5.75. The molecule has 0 radical (unpaired) electrons. The fraction of sp³-hybridized carbons (Fsp3) is 0.846. The molecule has 1 saturated heterocycles. The Balaban J connectivity index is 1.77. The third-order valence-electron chi connectivity index (χ3n) is 3.73. The van der Waals surface area contributed by atoms with Crippen LogP contribution in [0.1, 0.15) is 25.7 Å². The van der Waals surface area contributed by atoms with E-state index in [1.54, 1.807) is 9.80 Å². The second kappa shape index (κ2) is 6.90. The molecule has 1 heterocycles. The lowest BCUT2D eigenvalue weighted by molar-refractivity contribution is -0.145. The van der Waals surface area contributed by atoms with Crippen LogP contribution in [-0.2, 0) is 9.53 Å². The van der Waals surface area contributed by atoms with Crippen LogP contribution in [0.4, 0.5) is 4.79 Å². The molecule has 0 aromatic rings. The minimum Gasteiger partial charge on any atom is -0.480 e. The molecule has 1 saturated carbocycles. The molecule has 7 heteroatoms. The van der Waals surface area contributed by atoms with Gasteiger partial charge >= 0.3 is 12.0 Å². The normalized spacial score (nSPS) is 19.9. The predicted octanol–water partition coefficient (Wildman–Crippen LogP) is 0.129. The van der Waals surface area contributed by atoms with Crippen LogP contribution in [0.3, 0.4) is 0 Å². The second-order valence-electron chi connectivity index (χ2n) is 5.32. The maximum Gasteiger partial charge on any atom is 0.329 e. The number of nitrogens with zero attached hydrogens (tertiary/aromatic N) is 2. The Hall–Kier alpha value is -1.34. The van der Waals surface area contributed by atoms with E-state index >= 15 is 0 Å². The van der Waals surface area contributed by atoms with Crippen LogP contribution >= 0.6 is 0 Å². The number of likely N-dealkylation sites (tertiary alicyclic amines) is 1. The van der Waals surface area contributed by atoms with Crippen LogP contribution in [0.15, 0.2) is 0 Å². The lowest BCUT2D eigenvalue weighted by Gasteiger charge is -2.35. The Morgan fingerprint density at radius 3 is 2.35 bits per heavy atom. The summed E-state index contributed by atoms with van der Waals surface area (Å²) in [5.74, 6) is -0.966. The number of piperidine rings is 1. The number of rotatable bonds is 6. The molecule has 0 atom stereocenters. The van der Waals surface area contributed by atoms with Gasteiger partial charge in [-0.25, -0.2) is 9.59 Å². The van der Waals surface area contributed by atoms with Crippen molar-refractivity contribution in [1.29, 1.82) is 0 Å². The Morgan fingerprint density at radius 1 is 1.20 bits per heavy atom. The summed E-state index contributed by atoms with van der Waals surface area (Å²) in [5.41, 5.74) is 0. The first-order valence-corrected chi connectivity index (χ1v) is 7.11. The molecule has 0 unspecified atom stereocenters. The minimum atomic E-state index is -0.966. The highest BCUT2D eigenvalue weighted by atomic mass is 16.5. The van der Waals surface area contributed by atoms with E-state index < -0.39 is 5.97 Å². The van der Waals surface area contributed by atoms with Gasteiger partial charge < -0.3 is 24.7 Å². The fourth-order valence-electron chi connectivity index (χ4n) is 2.51. The fourth-order valence-corrected chi connectivity index (χ4v) is 2.51. The van der Waals surface area contributed by atoms with Gasteiger partial charge in [-0.3, -0.25) is 0 Å². The van der Waals surface area contributed by atoms with Gasteiger partial charge in [0.25, 0.3) is 0 Å². The van der Waals surface area contributed by atoms with Crippen LogP contribution in [-0.4, -0.2) is 77.0 Å². The lowest BCUT2D eigenvalue weighted by Crippen LogP contribution is -2.49. The number of amides is 2. The van der Waals surface area contributed by atoms with E-state index in [0.717, 1.165) is 12.8 Å². The third kappa shape index (κ3) is 4.08. The first-order chi connectivity index (χ1) is 9.61. The number of carboxylic acid groups (broad SMARTS) is 1. The number of hydrogen-bond donors (Lipinski definition) is 2. The molecule has 2 rings (SSSR count). The van der Waals surface area contributed by atoms with Crippen molar-refractivity contribution in [2.45, 2.75) is 37.8 Å². The van der Waals surface area contributed by atoms with Crippen molar-refractivity contribution in [2.24, 2.45) is 0 Å². The van der Waals surface area contributed by atoms with E-state index in [9.17, 15) is 9.59 Å². The molecule has 2 amide bonds. The molecule has 1 aliphatic heterocycles. The highest BCUT2D eigenvalue weighted by Gasteiger charge is 2.35. The Morgan fingerprint density at radius 2 is 1.85 bits per heavy atom. The summed E-state index contributed by atoms with van der Waals surface area (Å²) in [6.45, 7) is 1.26. The van der Waals surface area contributed by atoms with Gasteiger partial charge in [-0.1, -0.05) is 0 Å². The number of hydrogen-bond acceptors (Lipinski definition) is 4. The number of carboxylic acids is 1. The van der Waals surface area contributed by atoms with Crippen molar-refractivity contribution in [2.75, 3.05) is 32.8 Å². The van der Waals surface area contributed by atoms with Crippen LogP contribution < -0.4 is 0 Å². The first-order valence-electron chi connectivity index (χ1n) is 7.11. The maximum absolute atomic E-state index is 12.3. The minimum absolute atomic E-state index is 0.0135. The highest BCUT2D eigenvalue weighted by Crippen LogP contribution is 2.28. The van der Waals surface area contributed by atoms with Crippen LogP contribution in [0.2, 0.25) is 0 Å². The number of carbonyl (C=O) groups excluding carboxylic acids is 1. The van der Waals surface area contributed by atoms with Gasteiger partial charge in [-0.15, -0.1) is 0 Å². The number of urea groups is 1. The summed E-state index contributed by atoms with van der Waals surface area (Å²) in [4.78, 5) is 26.3. The van der Waals surface area contributed by atoms with Crippen molar-refractivity contribution in [3.05, 3.63) is 0 Å². The number of carbonyl (C=O) groups is 2. The van der Waals surface area contributed by atoms with Gasteiger partial charge in [0.2, 0.25) is 0 Å². The quantitative estimate of drug-likeness (QED) is 0.724. The van der Waals surface area contributed by atoms with E-state index in [-0.39, 0.29) is 31.4 Å². The summed E-state index contributed by atoms with van der Waals surface area (Å²) in [7, 11) is 0. The summed E-state index contributed by atoms with van der Waals surface area (Å²) < 4.78 is 5.25. The molecule has 2 aliphatic rings. The molecule has 0 spiro atoms. The topological polar surface area (TPSA) is 90.3 Å². The average Bonchev–Trinajstić information content (AvgIpc) is 3.27. The van der Waals surface area contributed by atoms with Gasteiger partial charge in [-0.05, 0) is 25.7 Å². The molecule has 2 N–H and O–H groups in total. The second-order valence-corrected chi connectivity index (χ2v) is 5.32. The molecule has 7 nitrogen and oxygen atoms in total. The van der Waals surface area contributed by atoms with Crippen molar-refractivity contribution in [3.8, 4) is 0 Å². The number of aliphatic hydroxyl groups excluding tert-OH is 1. The maximum atomic E-state index is 12.3. The zero-order valence-corrected chi connectivity index (χ0v) is 11.5. The number of ether oxygens (including phenoxy) is 1. The van der Waals surface area contributed by atoms with E-state index in [1.165, 1.54) is 0 Å². The smallest absolute Gasteiger partial charge is 0.329 e. The zero-order valence-electron chi connectivity index (χ0n) is 11.5. The van der Waals surface area contributed by atoms with Crippen molar-refractivity contribution in [1.82, 2.24) is 9.80 Å². The van der Waals surface area contributed by atoms with Gasteiger partial charge in [0.1, 0.15) is 6.61 Å². The van der Waals surface area contributed by atoms with Gasteiger partial charge in [0.15, 0.2) is 0 Å². The van der Waals surface area contributed by atoms with E-state index in [2.05, 4.69) is 0 Å². The standard InChI is InChI=1S/C13H22N2O5/c16-8-7-15(10-1-2-10)13(19)14-5-3-11(4-6-14)20-9-12(17)18/h10-11,16H,1-9H2,(H,17,18). The third-order valence-corrected chi connectivity index (χ3v) is 3.73. The molecular formula is C13H22N2O5. The molecular weight excluding hydrogens is 264 g/mol. The SMILES string of the molecule is O=C(O)COC1CCN(C(=O)N(CCO)C2CC2)CC1. The zero-order chi connectivity index (χ0) is 14.5. The summed E-state index contributed by atoms with van der Waals surface area (Å²) in [5, 5.41) is 17.6. The Kier molecular flexibility index (Phi) is 5.19. The largest absolute Gasteiger partial charge is 0.480 e. The predicted molar refractivity (Wildman–Crippen MR) is 70.4 cm³/mol. The van der Waals surface area contributed by atoms with Crippen LogP contribution in [0.5, 0.6) is 0 Å². The van der Waals surface area contributed by atoms with E-state index in [1.807, 2.05) is 0 Å². The summed E-state index contributed by atoms with van der Waals surface area (Å²) in [6, 6.07) is 0.272. The summed E-state index contributed by atoms with van der Waals surface area (Å²) in [6.07, 6.45) is 3.28.